The third-order valence-electron chi connectivity index (χ3n) is 3.67. The largest absolute Gasteiger partial charge is 0.493 e. The van der Waals surface area contributed by atoms with E-state index in [-0.39, 0.29) is 12.4 Å². The van der Waals surface area contributed by atoms with Crippen LogP contribution in [0.3, 0.4) is 0 Å². The Morgan fingerprint density at radius 3 is 2.89 bits per heavy atom. The Morgan fingerprint density at radius 2 is 2.16 bits per heavy atom. The second kappa shape index (κ2) is 9.22. The number of ether oxygens (including phenoxy) is 1. The van der Waals surface area contributed by atoms with Crippen LogP contribution in [0.2, 0.25) is 0 Å². The fraction of sp³-hybridized carbons (Fsp3) is 0.625. The maximum Gasteiger partial charge on any atom is 0.122 e. The Kier molecular flexibility index (Phi) is 7.92. The third kappa shape index (κ3) is 5.42. The summed E-state index contributed by atoms with van der Waals surface area (Å²) in [5.41, 5.74) is 1.35. The van der Waals surface area contributed by atoms with E-state index in [1.165, 1.54) is 44.3 Å². The number of aryl methyl sites for hydroxylation is 1. The van der Waals surface area contributed by atoms with E-state index in [4.69, 9.17) is 4.74 Å². The maximum absolute atomic E-state index is 5.96. The van der Waals surface area contributed by atoms with Crippen molar-refractivity contribution in [3.63, 3.8) is 0 Å². The molecular formula is C16H26ClNO. The first-order chi connectivity index (χ1) is 8.90. The molecule has 1 N–H and O–H groups in total. The maximum atomic E-state index is 5.96. The summed E-state index contributed by atoms with van der Waals surface area (Å²) in [6.45, 7) is 5.42. The van der Waals surface area contributed by atoms with Gasteiger partial charge < -0.3 is 10.1 Å². The van der Waals surface area contributed by atoms with Gasteiger partial charge in [-0.1, -0.05) is 31.5 Å². The molecule has 0 amide bonds. The molecule has 1 atom stereocenters. The number of rotatable bonds is 6. The first kappa shape index (κ1) is 16.3. The van der Waals surface area contributed by atoms with Crippen molar-refractivity contribution in [3.8, 4) is 5.75 Å². The van der Waals surface area contributed by atoms with Gasteiger partial charge in [0.05, 0.1) is 6.61 Å². The van der Waals surface area contributed by atoms with Crippen molar-refractivity contribution in [2.75, 3.05) is 19.7 Å². The molecule has 0 bridgehead atoms. The molecule has 1 aromatic rings. The summed E-state index contributed by atoms with van der Waals surface area (Å²) < 4.78 is 5.96. The van der Waals surface area contributed by atoms with Gasteiger partial charge in [-0.05, 0) is 56.3 Å². The average molecular weight is 284 g/mol. The number of piperidine rings is 1. The van der Waals surface area contributed by atoms with Gasteiger partial charge in [0.2, 0.25) is 0 Å². The summed E-state index contributed by atoms with van der Waals surface area (Å²) in [6.07, 6.45) is 6.13. The van der Waals surface area contributed by atoms with E-state index in [2.05, 4.69) is 36.5 Å². The van der Waals surface area contributed by atoms with Crippen molar-refractivity contribution in [2.24, 2.45) is 5.92 Å². The molecule has 1 saturated heterocycles. The number of hydrogen-bond donors (Lipinski definition) is 1. The molecule has 2 rings (SSSR count). The number of para-hydroxylation sites is 1. The van der Waals surface area contributed by atoms with Crippen molar-refractivity contribution in [2.45, 2.75) is 39.0 Å². The summed E-state index contributed by atoms with van der Waals surface area (Å²) in [7, 11) is 0. The monoisotopic (exact) mass is 283 g/mol. The SMILES string of the molecule is CCCc1ccccc1OCCC1CCCNC1.Cl. The molecular weight excluding hydrogens is 258 g/mol. The van der Waals surface area contributed by atoms with E-state index in [1.54, 1.807) is 0 Å². The Hall–Kier alpha value is -0.730. The number of benzene rings is 1. The molecule has 1 aliphatic rings. The lowest BCUT2D eigenvalue weighted by molar-refractivity contribution is 0.252. The molecule has 19 heavy (non-hydrogen) atoms. The van der Waals surface area contributed by atoms with Gasteiger partial charge in [-0.25, -0.2) is 0 Å². The molecule has 0 aliphatic carbocycles. The fourth-order valence-electron chi connectivity index (χ4n) is 2.63. The van der Waals surface area contributed by atoms with Gasteiger partial charge in [0.15, 0.2) is 0 Å². The average Bonchev–Trinajstić information content (AvgIpc) is 2.42. The normalized spacial score (nSPS) is 18.7. The molecule has 1 aromatic carbocycles. The lowest BCUT2D eigenvalue weighted by atomic mass is 9.97. The van der Waals surface area contributed by atoms with Crippen LogP contribution in [0.1, 0.15) is 38.2 Å². The van der Waals surface area contributed by atoms with E-state index in [0.29, 0.717) is 0 Å². The van der Waals surface area contributed by atoms with Gasteiger partial charge >= 0.3 is 0 Å². The van der Waals surface area contributed by atoms with E-state index >= 15 is 0 Å². The molecule has 2 nitrogen and oxygen atoms in total. The lowest BCUT2D eigenvalue weighted by Gasteiger charge is -2.22. The molecule has 108 valence electrons. The van der Waals surface area contributed by atoms with Crippen molar-refractivity contribution in [1.82, 2.24) is 5.32 Å². The van der Waals surface area contributed by atoms with Crippen LogP contribution < -0.4 is 10.1 Å². The Balaban J connectivity index is 0.00000180. The number of nitrogens with one attached hydrogen (secondary N) is 1. The Labute approximate surface area is 123 Å². The molecule has 0 radical (unpaired) electrons. The van der Waals surface area contributed by atoms with Crippen LogP contribution in [0.4, 0.5) is 0 Å². The zero-order valence-electron chi connectivity index (χ0n) is 11.9. The van der Waals surface area contributed by atoms with Gasteiger partial charge in [0.25, 0.3) is 0 Å². The van der Waals surface area contributed by atoms with Crippen LogP contribution in [0.25, 0.3) is 0 Å². The van der Waals surface area contributed by atoms with Crippen molar-refractivity contribution in [1.29, 1.82) is 0 Å². The zero-order chi connectivity index (χ0) is 12.6. The summed E-state index contributed by atoms with van der Waals surface area (Å²) in [6, 6.07) is 8.45. The van der Waals surface area contributed by atoms with Gasteiger partial charge in [-0.3, -0.25) is 0 Å². The van der Waals surface area contributed by atoms with Crippen molar-refractivity contribution < 1.29 is 4.74 Å². The highest BCUT2D eigenvalue weighted by molar-refractivity contribution is 5.85. The summed E-state index contributed by atoms with van der Waals surface area (Å²) in [5, 5.41) is 3.46. The number of halogens is 1. The summed E-state index contributed by atoms with van der Waals surface area (Å²) in [5.74, 6) is 1.89. The predicted molar refractivity (Wildman–Crippen MR) is 83.4 cm³/mol. The van der Waals surface area contributed by atoms with E-state index in [0.717, 1.165) is 24.7 Å². The standard InChI is InChI=1S/C16H25NO.ClH/c1-2-6-15-8-3-4-9-16(15)18-12-10-14-7-5-11-17-13-14;/h3-4,8-9,14,17H,2,5-7,10-13H2,1H3;1H. The summed E-state index contributed by atoms with van der Waals surface area (Å²) >= 11 is 0. The van der Waals surface area contributed by atoms with Crippen LogP contribution in [-0.2, 0) is 6.42 Å². The minimum atomic E-state index is 0. The minimum Gasteiger partial charge on any atom is -0.493 e. The molecule has 0 saturated carbocycles. The summed E-state index contributed by atoms with van der Waals surface area (Å²) in [4.78, 5) is 0. The lowest BCUT2D eigenvalue weighted by Crippen LogP contribution is -2.30. The van der Waals surface area contributed by atoms with Crippen LogP contribution in [0, 0.1) is 5.92 Å². The first-order valence-electron chi connectivity index (χ1n) is 7.31. The second-order valence-electron chi connectivity index (χ2n) is 5.21. The molecule has 1 heterocycles. The molecule has 0 aromatic heterocycles. The highest BCUT2D eigenvalue weighted by atomic mass is 35.5. The van der Waals surface area contributed by atoms with E-state index in [9.17, 15) is 0 Å². The van der Waals surface area contributed by atoms with E-state index < -0.39 is 0 Å². The third-order valence-corrected chi connectivity index (χ3v) is 3.67. The van der Waals surface area contributed by atoms with Gasteiger partial charge in [0.1, 0.15) is 5.75 Å². The van der Waals surface area contributed by atoms with Crippen LogP contribution in [0.5, 0.6) is 5.75 Å². The molecule has 0 spiro atoms. The Morgan fingerprint density at radius 1 is 1.32 bits per heavy atom. The van der Waals surface area contributed by atoms with Crippen LogP contribution in [0.15, 0.2) is 24.3 Å². The molecule has 1 fully saturated rings. The number of hydrogen-bond acceptors (Lipinski definition) is 2. The van der Waals surface area contributed by atoms with E-state index in [1.807, 2.05) is 0 Å². The highest BCUT2D eigenvalue weighted by Gasteiger charge is 2.12. The van der Waals surface area contributed by atoms with Crippen molar-refractivity contribution in [3.05, 3.63) is 29.8 Å². The van der Waals surface area contributed by atoms with Crippen LogP contribution in [-0.4, -0.2) is 19.7 Å². The second-order valence-corrected chi connectivity index (χ2v) is 5.21. The highest BCUT2D eigenvalue weighted by Crippen LogP contribution is 2.21. The van der Waals surface area contributed by atoms with Gasteiger partial charge in [-0.15, -0.1) is 12.4 Å². The zero-order valence-corrected chi connectivity index (χ0v) is 12.7. The predicted octanol–water partition coefficient (Wildman–Crippen LogP) is 3.83. The fourth-order valence-corrected chi connectivity index (χ4v) is 2.63. The van der Waals surface area contributed by atoms with Gasteiger partial charge in [0, 0.05) is 0 Å². The van der Waals surface area contributed by atoms with Crippen molar-refractivity contribution >= 4 is 12.4 Å². The molecule has 3 heteroatoms. The Bertz CT molecular complexity index is 350. The minimum absolute atomic E-state index is 0. The molecule has 1 unspecified atom stereocenters. The molecule has 1 aliphatic heterocycles. The van der Waals surface area contributed by atoms with Crippen LogP contribution >= 0.6 is 12.4 Å². The first-order valence-corrected chi connectivity index (χ1v) is 7.31. The van der Waals surface area contributed by atoms with Gasteiger partial charge in [-0.2, -0.15) is 0 Å². The topological polar surface area (TPSA) is 21.3 Å². The quantitative estimate of drug-likeness (QED) is 0.857. The smallest absolute Gasteiger partial charge is 0.122 e.